The lowest BCUT2D eigenvalue weighted by Crippen LogP contribution is -2.40. The maximum Gasteiger partial charge on any atom is 0.234 e. The maximum atomic E-state index is 12.6. The van der Waals surface area contributed by atoms with E-state index in [0.29, 0.717) is 24.6 Å². The molecule has 7 heteroatoms. The van der Waals surface area contributed by atoms with Crippen molar-refractivity contribution in [3.8, 4) is 11.5 Å². The van der Waals surface area contributed by atoms with E-state index in [-0.39, 0.29) is 12.0 Å². The predicted molar refractivity (Wildman–Crippen MR) is 110 cm³/mol. The van der Waals surface area contributed by atoms with Crippen LogP contribution in [0.15, 0.2) is 35.7 Å². The Balaban J connectivity index is 1.55. The van der Waals surface area contributed by atoms with Crippen LogP contribution in [0.2, 0.25) is 0 Å². The molecule has 2 aromatic rings. The second kappa shape index (κ2) is 10.5. The summed E-state index contributed by atoms with van der Waals surface area (Å²) in [6, 6.07) is 9.81. The Bertz CT molecular complexity index is 745. The van der Waals surface area contributed by atoms with Crippen LogP contribution >= 0.6 is 11.3 Å². The van der Waals surface area contributed by atoms with Crippen molar-refractivity contribution < 1.29 is 19.0 Å². The van der Waals surface area contributed by atoms with Crippen molar-refractivity contribution in [3.63, 3.8) is 0 Å². The number of benzene rings is 1. The molecule has 28 heavy (non-hydrogen) atoms. The fraction of sp³-hybridized carbons (Fsp3) is 0.476. The van der Waals surface area contributed by atoms with Gasteiger partial charge in [-0.25, -0.2) is 0 Å². The van der Waals surface area contributed by atoms with Gasteiger partial charge in [0.2, 0.25) is 5.91 Å². The molecule has 0 aliphatic carbocycles. The monoisotopic (exact) mass is 404 g/mol. The van der Waals surface area contributed by atoms with Crippen molar-refractivity contribution in [1.29, 1.82) is 0 Å². The van der Waals surface area contributed by atoms with Gasteiger partial charge in [-0.3, -0.25) is 9.69 Å². The molecule has 1 aromatic carbocycles. The molecule has 1 fully saturated rings. The number of methoxy groups -OCH3 is 2. The van der Waals surface area contributed by atoms with Gasteiger partial charge in [-0.2, -0.15) is 0 Å². The SMILES string of the molecule is COc1ccc(CNC(=O)CN(Cc2cccs2)CC2CCCO2)cc1OC. The van der Waals surface area contributed by atoms with Gasteiger partial charge in [0.25, 0.3) is 0 Å². The Morgan fingerprint density at radius 2 is 2.14 bits per heavy atom. The summed E-state index contributed by atoms with van der Waals surface area (Å²) in [6.45, 7) is 3.17. The Kier molecular flexibility index (Phi) is 7.71. The van der Waals surface area contributed by atoms with Crippen molar-refractivity contribution in [1.82, 2.24) is 10.2 Å². The lowest BCUT2D eigenvalue weighted by molar-refractivity contribution is -0.122. The summed E-state index contributed by atoms with van der Waals surface area (Å²) < 4.78 is 16.3. The molecule has 2 heterocycles. The minimum atomic E-state index is 0.00402. The van der Waals surface area contributed by atoms with Crippen LogP contribution in [0.25, 0.3) is 0 Å². The summed E-state index contributed by atoms with van der Waals surface area (Å²) in [4.78, 5) is 16.0. The van der Waals surface area contributed by atoms with Gasteiger partial charge >= 0.3 is 0 Å². The number of carbonyl (C=O) groups is 1. The van der Waals surface area contributed by atoms with Gasteiger partial charge in [-0.05, 0) is 42.0 Å². The molecule has 1 N–H and O–H groups in total. The highest BCUT2D eigenvalue weighted by molar-refractivity contribution is 7.09. The highest BCUT2D eigenvalue weighted by atomic mass is 32.1. The molecule has 1 unspecified atom stereocenters. The molecule has 3 rings (SSSR count). The molecule has 1 atom stereocenters. The predicted octanol–water partition coefficient (Wildman–Crippen LogP) is 3.06. The average Bonchev–Trinajstić information content (AvgIpc) is 3.40. The number of carbonyl (C=O) groups excluding carboxylic acids is 1. The normalized spacial score (nSPS) is 16.3. The van der Waals surface area contributed by atoms with E-state index in [1.165, 1.54) is 4.88 Å². The van der Waals surface area contributed by atoms with Crippen LogP contribution in [0.4, 0.5) is 0 Å². The van der Waals surface area contributed by atoms with Crippen LogP contribution in [0.3, 0.4) is 0 Å². The molecule has 1 aliphatic rings. The fourth-order valence-corrected chi connectivity index (χ4v) is 4.08. The molecule has 0 bridgehead atoms. The third kappa shape index (κ3) is 5.95. The summed E-state index contributed by atoms with van der Waals surface area (Å²) in [5, 5.41) is 5.07. The van der Waals surface area contributed by atoms with Crippen LogP contribution in [0.1, 0.15) is 23.3 Å². The summed E-state index contributed by atoms with van der Waals surface area (Å²) in [7, 11) is 3.21. The Labute approximate surface area is 170 Å². The summed E-state index contributed by atoms with van der Waals surface area (Å²) in [6.07, 6.45) is 2.38. The molecule has 0 radical (unpaired) electrons. The third-order valence-corrected chi connectivity index (χ3v) is 5.61. The van der Waals surface area contributed by atoms with Crippen molar-refractivity contribution in [3.05, 3.63) is 46.2 Å². The molecule has 0 spiro atoms. The Morgan fingerprint density at radius 1 is 1.29 bits per heavy atom. The van der Waals surface area contributed by atoms with E-state index in [0.717, 1.165) is 38.1 Å². The number of rotatable bonds is 10. The number of nitrogens with zero attached hydrogens (tertiary/aromatic N) is 1. The number of hydrogen-bond donors (Lipinski definition) is 1. The molecule has 6 nitrogen and oxygen atoms in total. The second-order valence-electron chi connectivity index (χ2n) is 6.85. The molecular weight excluding hydrogens is 376 g/mol. The van der Waals surface area contributed by atoms with Gasteiger partial charge in [0, 0.05) is 31.1 Å². The lowest BCUT2D eigenvalue weighted by atomic mass is 10.2. The van der Waals surface area contributed by atoms with Gasteiger partial charge in [0.05, 0.1) is 26.9 Å². The standard InChI is InChI=1S/C21H28N2O4S/c1-25-19-8-7-16(11-20(19)26-2)12-22-21(24)15-23(13-17-5-3-9-27-17)14-18-6-4-10-28-18/h4,6-8,10-11,17H,3,5,9,12-15H2,1-2H3,(H,22,24). The first kappa shape index (κ1) is 20.6. The van der Waals surface area contributed by atoms with E-state index < -0.39 is 0 Å². The van der Waals surface area contributed by atoms with Gasteiger partial charge < -0.3 is 19.5 Å². The lowest BCUT2D eigenvalue weighted by Gasteiger charge is -2.24. The molecule has 1 aliphatic heterocycles. The van der Waals surface area contributed by atoms with Crippen LogP contribution in [-0.4, -0.2) is 50.8 Å². The van der Waals surface area contributed by atoms with E-state index in [1.807, 2.05) is 24.3 Å². The molecule has 1 aromatic heterocycles. The first-order valence-electron chi connectivity index (χ1n) is 9.52. The minimum absolute atomic E-state index is 0.00402. The van der Waals surface area contributed by atoms with Gasteiger partial charge in [0.1, 0.15) is 0 Å². The van der Waals surface area contributed by atoms with E-state index in [9.17, 15) is 4.79 Å². The first-order valence-corrected chi connectivity index (χ1v) is 10.4. The van der Waals surface area contributed by atoms with Crippen LogP contribution in [0.5, 0.6) is 11.5 Å². The van der Waals surface area contributed by atoms with Gasteiger partial charge in [0.15, 0.2) is 11.5 Å². The molecule has 1 saturated heterocycles. The molecule has 0 saturated carbocycles. The highest BCUT2D eigenvalue weighted by Crippen LogP contribution is 2.27. The number of nitrogens with one attached hydrogen (secondary N) is 1. The zero-order valence-electron chi connectivity index (χ0n) is 16.5. The number of thiophene rings is 1. The molecule has 1 amide bonds. The molecule has 152 valence electrons. The van der Waals surface area contributed by atoms with Crippen molar-refractivity contribution >= 4 is 17.2 Å². The van der Waals surface area contributed by atoms with Crippen molar-refractivity contribution in [2.24, 2.45) is 0 Å². The van der Waals surface area contributed by atoms with Crippen LogP contribution in [0, 0.1) is 0 Å². The zero-order valence-corrected chi connectivity index (χ0v) is 17.3. The fourth-order valence-electron chi connectivity index (χ4n) is 3.33. The Morgan fingerprint density at radius 3 is 2.82 bits per heavy atom. The zero-order chi connectivity index (χ0) is 19.8. The van der Waals surface area contributed by atoms with E-state index in [4.69, 9.17) is 14.2 Å². The van der Waals surface area contributed by atoms with E-state index in [1.54, 1.807) is 25.6 Å². The first-order chi connectivity index (χ1) is 13.7. The quantitative estimate of drug-likeness (QED) is 0.660. The molecular formula is C21H28N2O4S. The maximum absolute atomic E-state index is 12.6. The number of ether oxygens (including phenoxy) is 3. The smallest absolute Gasteiger partial charge is 0.234 e. The Hall–Kier alpha value is -2.09. The highest BCUT2D eigenvalue weighted by Gasteiger charge is 2.21. The minimum Gasteiger partial charge on any atom is -0.493 e. The van der Waals surface area contributed by atoms with Crippen LogP contribution in [-0.2, 0) is 22.6 Å². The average molecular weight is 405 g/mol. The second-order valence-corrected chi connectivity index (χ2v) is 7.88. The number of hydrogen-bond acceptors (Lipinski definition) is 6. The van der Waals surface area contributed by atoms with Crippen LogP contribution < -0.4 is 14.8 Å². The van der Waals surface area contributed by atoms with Gasteiger partial charge in [-0.1, -0.05) is 12.1 Å². The van der Waals surface area contributed by atoms with Gasteiger partial charge in [-0.15, -0.1) is 11.3 Å². The number of amides is 1. The van der Waals surface area contributed by atoms with E-state index in [2.05, 4.69) is 21.7 Å². The summed E-state index contributed by atoms with van der Waals surface area (Å²) in [5.41, 5.74) is 0.968. The summed E-state index contributed by atoms with van der Waals surface area (Å²) in [5.74, 6) is 1.34. The van der Waals surface area contributed by atoms with E-state index >= 15 is 0 Å². The van der Waals surface area contributed by atoms with Crippen molar-refractivity contribution in [2.45, 2.75) is 32.0 Å². The third-order valence-electron chi connectivity index (χ3n) is 4.75. The summed E-state index contributed by atoms with van der Waals surface area (Å²) >= 11 is 1.71. The largest absolute Gasteiger partial charge is 0.493 e. The topological polar surface area (TPSA) is 60.0 Å². The van der Waals surface area contributed by atoms with Crippen molar-refractivity contribution in [2.75, 3.05) is 33.9 Å².